The molecule has 0 saturated carbocycles. The van der Waals surface area contributed by atoms with Gasteiger partial charge >= 0.3 is 0 Å². The molecule has 0 spiro atoms. The Morgan fingerprint density at radius 3 is 2.76 bits per heavy atom. The number of halogens is 2. The molecular formula is C13H19BrFNS. The molecule has 0 aliphatic heterocycles. The van der Waals surface area contributed by atoms with E-state index in [9.17, 15) is 4.39 Å². The largest absolute Gasteiger partial charge is 0.372 e. The molecule has 0 fully saturated rings. The molecule has 0 radical (unpaired) electrons. The smallest absolute Gasteiger partial charge is 0.129 e. The van der Waals surface area contributed by atoms with E-state index in [1.54, 1.807) is 6.07 Å². The predicted octanol–water partition coefficient (Wildman–Crippen LogP) is 4.30. The van der Waals surface area contributed by atoms with Crippen LogP contribution < -0.4 is 4.90 Å². The number of nitrogens with zero attached hydrogens (tertiary/aromatic N) is 1. The van der Waals surface area contributed by atoms with Gasteiger partial charge in [-0.1, -0.05) is 22.0 Å². The van der Waals surface area contributed by atoms with Gasteiger partial charge in [0.25, 0.3) is 0 Å². The molecule has 1 unspecified atom stereocenters. The number of hydrogen-bond acceptors (Lipinski definition) is 2. The first-order valence-electron chi connectivity index (χ1n) is 5.67. The minimum absolute atomic E-state index is 0.136. The van der Waals surface area contributed by atoms with E-state index in [0.717, 1.165) is 23.4 Å². The Hall–Kier alpha value is -0.220. The number of thioether (sulfide) groups is 1. The van der Waals surface area contributed by atoms with Crippen molar-refractivity contribution in [2.24, 2.45) is 0 Å². The fraction of sp³-hybridized carbons (Fsp3) is 0.538. The zero-order valence-electron chi connectivity index (χ0n) is 10.5. The van der Waals surface area contributed by atoms with Crippen LogP contribution in [0.15, 0.2) is 18.2 Å². The Balaban J connectivity index is 2.87. The minimum Gasteiger partial charge on any atom is -0.372 e. The van der Waals surface area contributed by atoms with Gasteiger partial charge in [0.15, 0.2) is 0 Å². The lowest BCUT2D eigenvalue weighted by molar-refractivity contribution is 0.611. The van der Waals surface area contributed by atoms with E-state index in [0.29, 0.717) is 11.4 Å². The van der Waals surface area contributed by atoms with Gasteiger partial charge in [-0.25, -0.2) is 4.39 Å². The molecule has 0 aliphatic carbocycles. The van der Waals surface area contributed by atoms with Crippen LogP contribution in [0, 0.1) is 5.82 Å². The summed E-state index contributed by atoms with van der Waals surface area (Å²) in [6.07, 6.45) is 3.22. The first-order chi connectivity index (χ1) is 8.11. The van der Waals surface area contributed by atoms with Gasteiger partial charge in [0, 0.05) is 29.7 Å². The van der Waals surface area contributed by atoms with Crippen LogP contribution in [0.1, 0.15) is 18.9 Å². The highest BCUT2D eigenvalue weighted by Gasteiger charge is 2.15. The highest BCUT2D eigenvalue weighted by molar-refractivity contribution is 9.08. The zero-order valence-corrected chi connectivity index (χ0v) is 12.9. The molecule has 96 valence electrons. The second kappa shape index (κ2) is 7.27. The number of rotatable bonds is 6. The van der Waals surface area contributed by atoms with Crippen LogP contribution in [0.25, 0.3) is 0 Å². The van der Waals surface area contributed by atoms with Gasteiger partial charge < -0.3 is 4.90 Å². The second-order valence-corrected chi connectivity index (χ2v) is 5.66. The van der Waals surface area contributed by atoms with Crippen LogP contribution in [0.5, 0.6) is 0 Å². The predicted molar refractivity (Wildman–Crippen MR) is 79.9 cm³/mol. The van der Waals surface area contributed by atoms with Crippen LogP contribution in [-0.2, 0) is 5.33 Å². The molecule has 1 aromatic carbocycles. The molecule has 1 aromatic rings. The molecule has 0 saturated heterocycles. The van der Waals surface area contributed by atoms with Crippen molar-refractivity contribution in [1.82, 2.24) is 0 Å². The second-order valence-electron chi connectivity index (χ2n) is 4.11. The summed E-state index contributed by atoms with van der Waals surface area (Å²) < 4.78 is 13.7. The van der Waals surface area contributed by atoms with Gasteiger partial charge in [-0.2, -0.15) is 11.8 Å². The van der Waals surface area contributed by atoms with Crippen molar-refractivity contribution < 1.29 is 4.39 Å². The molecule has 0 amide bonds. The molecule has 0 heterocycles. The zero-order chi connectivity index (χ0) is 12.8. The fourth-order valence-electron chi connectivity index (χ4n) is 1.73. The fourth-order valence-corrected chi connectivity index (χ4v) is 2.86. The van der Waals surface area contributed by atoms with Gasteiger partial charge in [-0.05, 0) is 37.5 Å². The van der Waals surface area contributed by atoms with Gasteiger partial charge in [0.1, 0.15) is 5.82 Å². The molecule has 1 atom stereocenters. The molecule has 0 N–H and O–H groups in total. The number of anilines is 1. The summed E-state index contributed by atoms with van der Waals surface area (Å²) in [4.78, 5) is 2.16. The summed E-state index contributed by atoms with van der Waals surface area (Å²) in [5, 5.41) is 0.550. The summed E-state index contributed by atoms with van der Waals surface area (Å²) in [6.45, 7) is 2.18. The van der Waals surface area contributed by atoms with Gasteiger partial charge in [0.05, 0.1) is 0 Å². The van der Waals surface area contributed by atoms with Gasteiger partial charge in [0.2, 0.25) is 0 Å². The monoisotopic (exact) mass is 319 g/mol. The van der Waals surface area contributed by atoms with Crippen LogP contribution in [0.4, 0.5) is 10.1 Å². The van der Waals surface area contributed by atoms with Gasteiger partial charge in [-0.3, -0.25) is 0 Å². The SMILES string of the molecule is CSCCC(C)N(C)c1cccc(F)c1CBr. The normalized spacial score (nSPS) is 12.5. The van der Waals surface area contributed by atoms with Crippen molar-refractivity contribution in [2.75, 3.05) is 24.0 Å². The van der Waals surface area contributed by atoms with E-state index in [1.165, 1.54) is 6.07 Å². The van der Waals surface area contributed by atoms with Crippen molar-refractivity contribution in [3.8, 4) is 0 Å². The molecular weight excluding hydrogens is 301 g/mol. The third kappa shape index (κ3) is 3.88. The topological polar surface area (TPSA) is 3.24 Å². The average Bonchev–Trinajstić information content (AvgIpc) is 2.34. The van der Waals surface area contributed by atoms with Crippen LogP contribution >= 0.6 is 27.7 Å². The summed E-state index contributed by atoms with van der Waals surface area (Å²) in [5.74, 6) is 0.994. The molecule has 17 heavy (non-hydrogen) atoms. The van der Waals surface area contributed by atoms with Gasteiger partial charge in [-0.15, -0.1) is 0 Å². The number of hydrogen-bond donors (Lipinski definition) is 0. The maximum Gasteiger partial charge on any atom is 0.129 e. The molecule has 1 rings (SSSR count). The van der Waals surface area contributed by atoms with Crippen molar-refractivity contribution in [1.29, 1.82) is 0 Å². The van der Waals surface area contributed by atoms with E-state index in [-0.39, 0.29) is 5.82 Å². The molecule has 4 heteroatoms. The van der Waals surface area contributed by atoms with E-state index >= 15 is 0 Å². The highest BCUT2D eigenvalue weighted by atomic mass is 79.9. The minimum atomic E-state index is -0.136. The summed E-state index contributed by atoms with van der Waals surface area (Å²) >= 11 is 5.20. The summed E-state index contributed by atoms with van der Waals surface area (Å²) in [6, 6.07) is 5.69. The van der Waals surface area contributed by atoms with Crippen LogP contribution in [-0.4, -0.2) is 25.1 Å². The number of alkyl halides is 1. The lowest BCUT2D eigenvalue weighted by Gasteiger charge is -2.28. The Labute approximate surface area is 116 Å². The van der Waals surface area contributed by atoms with E-state index in [1.807, 2.05) is 24.9 Å². The van der Waals surface area contributed by atoms with E-state index < -0.39 is 0 Å². The summed E-state index contributed by atoms with van der Waals surface area (Å²) in [5.41, 5.74) is 1.72. The van der Waals surface area contributed by atoms with E-state index in [4.69, 9.17) is 0 Å². The third-order valence-electron chi connectivity index (χ3n) is 3.01. The van der Waals surface area contributed by atoms with Crippen LogP contribution in [0.3, 0.4) is 0 Å². The Bertz CT molecular complexity index is 359. The van der Waals surface area contributed by atoms with Crippen molar-refractivity contribution >= 4 is 33.4 Å². The summed E-state index contributed by atoms with van der Waals surface area (Å²) in [7, 11) is 2.03. The van der Waals surface area contributed by atoms with Crippen LogP contribution in [0.2, 0.25) is 0 Å². The van der Waals surface area contributed by atoms with E-state index in [2.05, 4.69) is 34.0 Å². The maximum absolute atomic E-state index is 13.7. The Morgan fingerprint density at radius 1 is 1.47 bits per heavy atom. The highest BCUT2D eigenvalue weighted by Crippen LogP contribution is 2.26. The average molecular weight is 320 g/mol. The Kier molecular flexibility index (Phi) is 6.34. The van der Waals surface area contributed by atoms with Crippen molar-refractivity contribution in [3.63, 3.8) is 0 Å². The third-order valence-corrected chi connectivity index (χ3v) is 4.21. The molecule has 0 bridgehead atoms. The lowest BCUT2D eigenvalue weighted by Crippen LogP contribution is -2.30. The lowest BCUT2D eigenvalue weighted by atomic mass is 10.1. The molecule has 0 aliphatic rings. The molecule has 1 nitrogen and oxygen atoms in total. The standard InChI is InChI=1S/C13H19BrFNS/c1-10(7-8-17-3)16(2)13-6-4-5-12(15)11(13)9-14/h4-6,10H,7-9H2,1-3H3. The first kappa shape index (κ1) is 14.8. The quantitative estimate of drug-likeness (QED) is 0.719. The maximum atomic E-state index is 13.7. The van der Waals surface area contributed by atoms with Crippen molar-refractivity contribution in [3.05, 3.63) is 29.6 Å². The number of benzene rings is 1. The molecule has 0 aromatic heterocycles. The first-order valence-corrected chi connectivity index (χ1v) is 8.18. The Morgan fingerprint density at radius 2 is 2.18 bits per heavy atom. The van der Waals surface area contributed by atoms with Crippen molar-refractivity contribution in [2.45, 2.75) is 24.7 Å².